The Morgan fingerprint density at radius 1 is 0.674 bits per heavy atom. The van der Waals surface area contributed by atoms with Gasteiger partial charge < -0.3 is 4.84 Å². The van der Waals surface area contributed by atoms with E-state index in [9.17, 15) is 4.79 Å². The standard InChI is InChI=1S/C22H24B.C18H20NO2S2/c1-2-3-19-23(20-13-7-4-8-14-20,21-15-9-5-10-16-21)22-17-11-6-12-18-22;1-14(20)21-19-18(13-23(2)3)15-9-11-17(12-10-15)22-16-7-5-4-6-8-16/h4-18H,2-3,19H2,1H3;4-12H,13H2,1-3H3/q-1;+1. The molecule has 0 saturated heterocycles. The minimum Gasteiger partial charge on any atom is -0.318 e. The van der Waals surface area contributed by atoms with Crippen LogP contribution in [0.5, 0.6) is 0 Å². The summed E-state index contributed by atoms with van der Waals surface area (Å²) in [5.74, 6) is 0.393. The Bertz CT molecular complexity index is 1530. The van der Waals surface area contributed by atoms with Gasteiger partial charge in [0.25, 0.3) is 0 Å². The SMILES string of the molecule is CC(=O)ON=C(C[S+](C)C)c1ccc(Sc2ccccc2)cc1.CCCC[B-](c1ccccc1)(c1ccccc1)c1ccccc1. The van der Waals surface area contributed by atoms with Gasteiger partial charge in [-0.25, -0.2) is 4.79 Å². The Morgan fingerprint density at radius 3 is 1.52 bits per heavy atom. The van der Waals surface area contributed by atoms with Gasteiger partial charge in [0.1, 0.15) is 5.71 Å². The average molecular weight is 646 g/mol. The third-order valence-corrected chi connectivity index (χ3v) is 9.84. The number of hydrogen-bond donors (Lipinski definition) is 0. The highest BCUT2D eigenvalue weighted by Crippen LogP contribution is 2.27. The van der Waals surface area contributed by atoms with Crippen molar-refractivity contribution in [1.29, 1.82) is 0 Å². The number of nitrogens with zero attached hydrogens (tertiary/aromatic N) is 1. The van der Waals surface area contributed by atoms with Gasteiger partial charge in [-0.05, 0) is 35.2 Å². The number of carbonyl (C=O) groups excluding carboxylic acids is 1. The molecule has 0 heterocycles. The smallest absolute Gasteiger partial charge is 0.318 e. The zero-order valence-corrected chi connectivity index (χ0v) is 29.0. The summed E-state index contributed by atoms with van der Waals surface area (Å²) in [6.45, 7) is 3.64. The predicted octanol–water partition coefficient (Wildman–Crippen LogP) is 7.94. The van der Waals surface area contributed by atoms with Crippen LogP contribution in [0.2, 0.25) is 6.32 Å². The van der Waals surface area contributed by atoms with Crippen LogP contribution in [0.1, 0.15) is 32.3 Å². The molecule has 0 aliphatic carbocycles. The van der Waals surface area contributed by atoms with Crippen LogP contribution < -0.4 is 16.4 Å². The van der Waals surface area contributed by atoms with Crippen molar-refractivity contribution in [3.8, 4) is 0 Å². The molecule has 3 nitrogen and oxygen atoms in total. The molecule has 6 heteroatoms. The molecule has 236 valence electrons. The third-order valence-electron chi connectivity index (χ3n) is 7.97. The van der Waals surface area contributed by atoms with E-state index in [1.165, 1.54) is 52.3 Å². The summed E-state index contributed by atoms with van der Waals surface area (Å²) in [4.78, 5) is 18.2. The van der Waals surface area contributed by atoms with Crippen molar-refractivity contribution in [2.45, 2.75) is 42.8 Å². The van der Waals surface area contributed by atoms with E-state index in [1.807, 2.05) is 30.3 Å². The highest BCUT2D eigenvalue weighted by Gasteiger charge is 2.28. The van der Waals surface area contributed by atoms with Crippen LogP contribution in [-0.4, -0.2) is 36.1 Å². The quantitative estimate of drug-likeness (QED) is 0.0455. The van der Waals surface area contributed by atoms with Crippen molar-refractivity contribution in [3.05, 3.63) is 151 Å². The minimum atomic E-state index is -0.913. The zero-order chi connectivity index (χ0) is 32.6. The van der Waals surface area contributed by atoms with E-state index >= 15 is 0 Å². The molecule has 0 unspecified atom stereocenters. The van der Waals surface area contributed by atoms with Gasteiger partial charge in [-0.1, -0.05) is 158 Å². The first kappa shape index (κ1) is 34.9. The molecule has 5 aromatic carbocycles. The largest absolute Gasteiger partial charge is 0.331 e. The highest BCUT2D eigenvalue weighted by molar-refractivity contribution is 7.99. The Hall–Kier alpha value is -4.00. The van der Waals surface area contributed by atoms with Crippen molar-refractivity contribution in [3.63, 3.8) is 0 Å². The molecule has 0 saturated carbocycles. The second kappa shape index (κ2) is 18.2. The fourth-order valence-corrected chi connectivity index (χ4v) is 7.43. The summed E-state index contributed by atoms with van der Waals surface area (Å²) in [5, 5.41) is 4.01. The van der Waals surface area contributed by atoms with Crippen molar-refractivity contribution in [2.75, 3.05) is 18.3 Å². The monoisotopic (exact) mass is 645 g/mol. The summed E-state index contributed by atoms with van der Waals surface area (Å²) in [5.41, 5.74) is 6.13. The number of rotatable bonds is 12. The van der Waals surface area contributed by atoms with Gasteiger partial charge in [0, 0.05) is 22.3 Å². The maximum absolute atomic E-state index is 11.0. The lowest BCUT2D eigenvalue weighted by Crippen LogP contribution is -2.66. The van der Waals surface area contributed by atoms with Crippen molar-refractivity contribution >= 4 is 56.9 Å². The molecule has 0 bridgehead atoms. The van der Waals surface area contributed by atoms with Crippen LogP contribution in [0, 0.1) is 0 Å². The summed E-state index contributed by atoms with van der Waals surface area (Å²) < 4.78 is 0. The second-order valence-electron chi connectivity index (χ2n) is 11.6. The van der Waals surface area contributed by atoms with E-state index < -0.39 is 12.1 Å². The third kappa shape index (κ3) is 10.0. The van der Waals surface area contributed by atoms with Gasteiger partial charge >= 0.3 is 5.97 Å². The summed E-state index contributed by atoms with van der Waals surface area (Å²) >= 11 is 1.72. The molecule has 0 aliphatic heterocycles. The molecule has 5 rings (SSSR count). The summed E-state index contributed by atoms with van der Waals surface area (Å²) in [7, 11) is 0.175. The van der Waals surface area contributed by atoms with Crippen LogP contribution in [0.3, 0.4) is 0 Å². The van der Waals surface area contributed by atoms with E-state index in [0.717, 1.165) is 17.0 Å². The van der Waals surface area contributed by atoms with Gasteiger partial charge in [-0.2, -0.15) is 22.7 Å². The first-order chi connectivity index (χ1) is 22.4. The van der Waals surface area contributed by atoms with E-state index in [1.54, 1.807) is 11.8 Å². The first-order valence-corrected chi connectivity index (χ1v) is 18.9. The van der Waals surface area contributed by atoms with Crippen LogP contribution in [0.15, 0.2) is 161 Å². The molecule has 0 N–H and O–H groups in total. The fraction of sp³-hybridized carbons (Fsp3) is 0.200. The Kier molecular flexibility index (Phi) is 13.8. The molecule has 0 fully saturated rings. The first-order valence-electron chi connectivity index (χ1n) is 15.9. The molecule has 0 aliphatic rings. The predicted molar refractivity (Wildman–Crippen MR) is 203 cm³/mol. The van der Waals surface area contributed by atoms with Crippen molar-refractivity contribution in [1.82, 2.24) is 0 Å². The van der Waals surface area contributed by atoms with E-state index in [0.29, 0.717) is 0 Å². The van der Waals surface area contributed by atoms with Crippen LogP contribution in [-0.2, 0) is 20.5 Å². The number of hydrogen-bond acceptors (Lipinski definition) is 4. The Morgan fingerprint density at radius 2 is 1.11 bits per heavy atom. The Balaban J connectivity index is 0.000000209. The van der Waals surface area contributed by atoms with Crippen LogP contribution >= 0.6 is 11.8 Å². The number of carbonyl (C=O) groups is 1. The number of unbranched alkanes of at least 4 members (excludes halogenated alkanes) is 1. The molecule has 46 heavy (non-hydrogen) atoms. The lowest BCUT2D eigenvalue weighted by Gasteiger charge is -2.43. The molecular weight excluding hydrogens is 601 g/mol. The van der Waals surface area contributed by atoms with E-state index in [-0.39, 0.29) is 10.9 Å². The highest BCUT2D eigenvalue weighted by atomic mass is 32.2. The molecular formula is C40H44BNO2S2. The molecule has 0 aromatic heterocycles. The normalized spacial score (nSPS) is 11.5. The van der Waals surface area contributed by atoms with Crippen LogP contribution in [0.25, 0.3) is 0 Å². The van der Waals surface area contributed by atoms with Gasteiger partial charge in [-0.15, -0.1) is 0 Å². The van der Waals surface area contributed by atoms with Gasteiger partial charge in [0.05, 0.1) is 18.7 Å². The summed E-state index contributed by atoms with van der Waals surface area (Å²) in [6.07, 6.45) is 7.01. The van der Waals surface area contributed by atoms with E-state index in [4.69, 9.17) is 4.84 Å². The fourth-order valence-electron chi connectivity index (χ4n) is 5.83. The van der Waals surface area contributed by atoms with Gasteiger partial charge in [0.2, 0.25) is 0 Å². The average Bonchev–Trinajstić information content (AvgIpc) is 3.09. The maximum Gasteiger partial charge on any atom is 0.331 e. The molecule has 0 amide bonds. The summed E-state index contributed by atoms with van der Waals surface area (Å²) in [6, 6.07) is 51.6. The van der Waals surface area contributed by atoms with E-state index in [2.05, 4.69) is 140 Å². The zero-order valence-electron chi connectivity index (χ0n) is 27.3. The molecule has 5 aromatic rings. The molecule has 0 spiro atoms. The topological polar surface area (TPSA) is 38.7 Å². The van der Waals surface area contributed by atoms with Gasteiger partial charge in [0.15, 0.2) is 5.75 Å². The number of benzene rings is 5. The maximum atomic E-state index is 11.0. The lowest BCUT2D eigenvalue weighted by atomic mass is 9.14. The molecule has 0 radical (unpaired) electrons. The Labute approximate surface area is 282 Å². The second-order valence-corrected chi connectivity index (χ2v) is 15.0. The van der Waals surface area contributed by atoms with Gasteiger partial charge in [-0.3, -0.25) is 0 Å². The lowest BCUT2D eigenvalue weighted by molar-refractivity contribution is -0.140. The number of oxime groups is 1. The van der Waals surface area contributed by atoms with Crippen molar-refractivity contribution < 1.29 is 9.63 Å². The molecule has 0 atom stereocenters. The minimum absolute atomic E-state index is 0.175. The van der Waals surface area contributed by atoms with Crippen LogP contribution in [0.4, 0.5) is 0 Å². The van der Waals surface area contributed by atoms with Crippen molar-refractivity contribution in [2.24, 2.45) is 5.16 Å².